The Morgan fingerprint density at radius 3 is 2.48 bits per heavy atom. The van der Waals surface area contributed by atoms with E-state index in [0.717, 1.165) is 27.7 Å². The molecule has 0 heterocycles. The molecule has 4 heteroatoms. The first-order valence-corrected chi connectivity index (χ1v) is 7.33. The maximum atomic E-state index is 12.0. The summed E-state index contributed by atoms with van der Waals surface area (Å²) in [5.74, 6) is 0.00315. The summed E-state index contributed by atoms with van der Waals surface area (Å²) in [6.07, 6.45) is 0. The number of quaternary nitrogens is 1. The van der Waals surface area contributed by atoms with Gasteiger partial charge in [-0.3, -0.25) is 4.79 Å². The van der Waals surface area contributed by atoms with Crippen molar-refractivity contribution in [3.63, 3.8) is 0 Å². The lowest BCUT2D eigenvalue weighted by Crippen LogP contribution is -3.08. The predicted molar refractivity (Wildman–Crippen MR) is 86.7 cm³/mol. The molecule has 0 aliphatic rings. The van der Waals surface area contributed by atoms with Crippen molar-refractivity contribution in [1.82, 2.24) is 0 Å². The molecule has 2 aromatic rings. The third-order valence-electron chi connectivity index (χ3n) is 3.25. The first-order chi connectivity index (χ1) is 10.0. The zero-order chi connectivity index (χ0) is 15.2. The van der Waals surface area contributed by atoms with Crippen molar-refractivity contribution in [2.24, 2.45) is 0 Å². The first-order valence-electron chi connectivity index (χ1n) is 6.96. The number of likely N-dealkylation sites (N-methyl/N-ethyl adjacent to an activating group) is 1. The van der Waals surface area contributed by atoms with E-state index in [1.54, 1.807) is 0 Å². The number of aryl methyl sites for hydroxylation is 1. The lowest BCUT2D eigenvalue weighted by Gasteiger charge is -2.14. The molecule has 0 aliphatic carbocycles. The van der Waals surface area contributed by atoms with E-state index >= 15 is 0 Å². The van der Waals surface area contributed by atoms with Gasteiger partial charge in [-0.2, -0.15) is 0 Å². The minimum atomic E-state index is 0.00315. The Bertz CT molecular complexity index is 610. The standard InChI is InChI=1S/C17H19ClN2O/c1-13-7-9-15(10-8-13)19-17(21)12-20(2)11-14-5-3-4-6-16(14)18/h3-10H,11-12H2,1-2H3,(H,19,21)/p+1. The fourth-order valence-electron chi connectivity index (χ4n) is 2.15. The van der Waals surface area contributed by atoms with E-state index in [4.69, 9.17) is 11.6 Å². The van der Waals surface area contributed by atoms with Crippen LogP contribution in [0.4, 0.5) is 5.69 Å². The van der Waals surface area contributed by atoms with Gasteiger partial charge in [-0.25, -0.2) is 0 Å². The van der Waals surface area contributed by atoms with Gasteiger partial charge >= 0.3 is 0 Å². The van der Waals surface area contributed by atoms with Gasteiger partial charge in [-0.1, -0.05) is 47.5 Å². The van der Waals surface area contributed by atoms with Crippen LogP contribution in [0.1, 0.15) is 11.1 Å². The lowest BCUT2D eigenvalue weighted by atomic mass is 10.2. The Morgan fingerprint density at radius 1 is 1.14 bits per heavy atom. The molecule has 0 radical (unpaired) electrons. The Morgan fingerprint density at radius 2 is 1.81 bits per heavy atom. The lowest BCUT2D eigenvalue weighted by molar-refractivity contribution is -0.885. The number of carbonyl (C=O) groups is 1. The summed E-state index contributed by atoms with van der Waals surface area (Å²) < 4.78 is 0. The van der Waals surface area contributed by atoms with Crippen molar-refractivity contribution in [2.45, 2.75) is 13.5 Å². The van der Waals surface area contributed by atoms with Crippen LogP contribution in [-0.4, -0.2) is 19.5 Å². The highest BCUT2D eigenvalue weighted by Crippen LogP contribution is 2.13. The average molecular weight is 304 g/mol. The zero-order valence-corrected chi connectivity index (χ0v) is 13.1. The molecule has 0 fully saturated rings. The Labute approximate surface area is 130 Å². The summed E-state index contributed by atoms with van der Waals surface area (Å²) in [6.45, 7) is 3.15. The summed E-state index contributed by atoms with van der Waals surface area (Å²) in [7, 11) is 1.98. The molecule has 1 amide bonds. The molecular formula is C17H20ClN2O+. The van der Waals surface area contributed by atoms with Crippen molar-refractivity contribution in [3.05, 3.63) is 64.7 Å². The Kier molecular flexibility index (Phi) is 5.37. The molecule has 2 N–H and O–H groups in total. The van der Waals surface area contributed by atoms with Crippen LogP contribution in [0.5, 0.6) is 0 Å². The van der Waals surface area contributed by atoms with Gasteiger partial charge in [0.05, 0.1) is 7.05 Å². The van der Waals surface area contributed by atoms with E-state index in [2.05, 4.69) is 5.32 Å². The molecule has 2 rings (SSSR count). The monoisotopic (exact) mass is 303 g/mol. The van der Waals surface area contributed by atoms with E-state index in [-0.39, 0.29) is 5.91 Å². The third kappa shape index (κ3) is 4.88. The Balaban J connectivity index is 1.87. The first kappa shape index (κ1) is 15.5. The number of hydrogen-bond acceptors (Lipinski definition) is 1. The van der Waals surface area contributed by atoms with Gasteiger partial charge in [-0.15, -0.1) is 0 Å². The van der Waals surface area contributed by atoms with E-state index in [1.807, 2.05) is 62.5 Å². The summed E-state index contributed by atoms with van der Waals surface area (Å²) in [5.41, 5.74) is 3.06. The van der Waals surface area contributed by atoms with Crippen LogP contribution in [0, 0.1) is 6.92 Å². The highest BCUT2D eigenvalue weighted by molar-refractivity contribution is 6.31. The number of rotatable bonds is 5. The van der Waals surface area contributed by atoms with Crippen molar-refractivity contribution in [2.75, 3.05) is 18.9 Å². The van der Waals surface area contributed by atoms with Crippen LogP contribution in [0.15, 0.2) is 48.5 Å². The summed E-state index contributed by atoms with van der Waals surface area (Å²) >= 11 is 6.14. The molecule has 2 aromatic carbocycles. The van der Waals surface area contributed by atoms with Gasteiger partial charge in [0.1, 0.15) is 6.54 Å². The van der Waals surface area contributed by atoms with Crippen LogP contribution >= 0.6 is 11.6 Å². The molecule has 3 nitrogen and oxygen atoms in total. The number of amides is 1. The molecule has 1 atom stereocenters. The number of carbonyl (C=O) groups excluding carboxylic acids is 1. The smallest absolute Gasteiger partial charge is 0.279 e. The van der Waals surface area contributed by atoms with Crippen molar-refractivity contribution >= 4 is 23.2 Å². The van der Waals surface area contributed by atoms with E-state index in [9.17, 15) is 4.79 Å². The minimum Gasteiger partial charge on any atom is -0.326 e. The van der Waals surface area contributed by atoms with Gasteiger partial charge < -0.3 is 10.2 Å². The molecule has 110 valence electrons. The molecule has 0 spiro atoms. The van der Waals surface area contributed by atoms with Gasteiger partial charge in [0.15, 0.2) is 6.54 Å². The molecule has 21 heavy (non-hydrogen) atoms. The Hall–Kier alpha value is -1.84. The minimum absolute atomic E-state index is 0.00315. The molecule has 0 aliphatic heterocycles. The van der Waals surface area contributed by atoms with Gasteiger partial charge in [-0.05, 0) is 25.1 Å². The fraction of sp³-hybridized carbons (Fsp3) is 0.235. The van der Waals surface area contributed by atoms with E-state index in [1.165, 1.54) is 5.56 Å². The quantitative estimate of drug-likeness (QED) is 0.873. The normalized spacial score (nSPS) is 12.0. The summed E-state index contributed by atoms with van der Waals surface area (Å²) in [4.78, 5) is 13.1. The van der Waals surface area contributed by atoms with Gasteiger partial charge in [0.25, 0.3) is 5.91 Å². The summed E-state index contributed by atoms with van der Waals surface area (Å²) in [5, 5.41) is 3.65. The SMILES string of the molecule is Cc1ccc(NC(=O)C[NH+](C)Cc2ccccc2Cl)cc1. The second kappa shape index (κ2) is 7.25. The number of benzene rings is 2. The van der Waals surface area contributed by atoms with Crippen LogP contribution in [-0.2, 0) is 11.3 Å². The molecule has 0 saturated carbocycles. The second-order valence-electron chi connectivity index (χ2n) is 5.32. The summed E-state index contributed by atoms with van der Waals surface area (Å²) in [6, 6.07) is 15.5. The number of nitrogens with one attached hydrogen (secondary N) is 2. The van der Waals surface area contributed by atoms with Crippen molar-refractivity contribution in [1.29, 1.82) is 0 Å². The van der Waals surface area contributed by atoms with Gasteiger partial charge in [0.2, 0.25) is 0 Å². The maximum absolute atomic E-state index is 12.0. The van der Waals surface area contributed by atoms with E-state index < -0.39 is 0 Å². The molecular weight excluding hydrogens is 284 g/mol. The molecule has 0 bridgehead atoms. The molecule has 0 saturated heterocycles. The van der Waals surface area contributed by atoms with Crippen molar-refractivity contribution < 1.29 is 9.69 Å². The average Bonchev–Trinajstić information content (AvgIpc) is 2.44. The largest absolute Gasteiger partial charge is 0.326 e. The van der Waals surface area contributed by atoms with Crippen LogP contribution in [0.2, 0.25) is 5.02 Å². The number of halogens is 1. The van der Waals surface area contributed by atoms with Crippen LogP contribution < -0.4 is 10.2 Å². The van der Waals surface area contributed by atoms with Crippen molar-refractivity contribution in [3.8, 4) is 0 Å². The fourth-order valence-corrected chi connectivity index (χ4v) is 2.35. The number of anilines is 1. The van der Waals surface area contributed by atoms with Crippen LogP contribution in [0.25, 0.3) is 0 Å². The third-order valence-corrected chi connectivity index (χ3v) is 3.62. The highest BCUT2D eigenvalue weighted by atomic mass is 35.5. The number of hydrogen-bond donors (Lipinski definition) is 2. The molecule has 1 unspecified atom stereocenters. The topological polar surface area (TPSA) is 33.5 Å². The van der Waals surface area contributed by atoms with Gasteiger partial charge in [0, 0.05) is 16.3 Å². The highest BCUT2D eigenvalue weighted by Gasteiger charge is 2.12. The van der Waals surface area contributed by atoms with E-state index in [0.29, 0.717) is 6.54 Å². The predicted octanol–water partition coefficient (Wildman–Crippen LogP) is 2.30. The van der Waals surface area contributed by atoms with Crippen LogP contribution in [0.3, 0.4) is 0 Å². The maximum Gasteiger partial charge on any atom is 0.279 e. The zero-order valence-electron chi connectivity index (χ0n) is 12.3. The second-order valence-corrected chi connectivity index (χ2v) is 5.72. The molecule has 0 aromatic heterocycles.